The Labute approximate surface area is 104 Å². The van der Waals surface area contributed by atoms with E-state index in [-0.39, 0.29) is 17.1 Å². The van der Waals surface area contributed by atoms with Crippen LogP contribution in [0.25, 0.3) is 0 Å². The number of aromatic nitrogens is 2. The molecule has 1 aliphatic rings. The third-order valence-electron chi connectivity index (χ3n) is 3.23. The van der Waals surface area contributed by atoms with Crippen LogP contribution in [-0.4, -0.2) is 24.3 Å². The highest BCUT2D eigenvalue weighted by molar-refractivity contribution is 7.91. The lowest BCUT2D eigenvalue weighted by molar-refractivity contribution is 0.379. The summed E-state index contributed by atoms with van der Waals surface area (Å²) in [6, 6.07) is 6.69. The van der Waals surface area contributed by atoms with E-state index in [1.54, 1.807) is 24.3 Å². The van der Waals surface area contributed by atoms with Crippen molar-refractivity contribution in [3.63, 3.8) is 0 Å². The molecule has 1 aromatic carbocycles. The van der Waals surface area contributed by atoms with Crippen LogP contribution in [0.3, 0.4) is 0 Å². The Morgan fingerprint density at radius 3 is 2.83 bits per heavy atom. The number of rotatable bonds is 1. The summed E-state index contributed by atoms with van der Waals surface area (Å²) in [6.45, 7) is 0. The number of nitrogens with zero attached hydrogens (tertiary/aromatic N) is 2. The van der Waals surface area contributed by atoms with Crippen LogP contribution in [0, 0.1) is 0 Å². The lowest BCUT2D eigenvalue weighted by Crippen LogP contribution is -2.45. The smallest absolute Gasteiger partial charge is 0.213 e. The van der Waals surface area contributed by atoms with E-state index in [1.165, 1.54) is 6.39 Å². The summed E-state index contributed by atoms with van der Waals surface area (Å²) in [5, 5.41) is 3.75. The second-order valence-electron chi connectivity index (χ2n) is 4.29. The van der Waals surface area contributed by atoms with Crippen LogP contribution in [0.15, 0.2) is 40.1 Å². The molecule has 1 aliphatic heterocycles. The standard InChI is InChI=1S/C11H11N3O3S/c12-11(10-13-7-17-14-10)5-6-18(15,16)9-4-2-1-3-8(9)11/h1-4,7H,5-6,12H2. The fourth-order valence-corrected chi connectivity index (χ4v) is 3.93. The van der Waals surface area contributed by atoms with Gasteiger partial charge in [-0.2, -0.15) is 4.98 Å². The van der Waals surface area contributed by atoms with Crippen molar-refractivity contribution in [3.05, 3.63) is 42.0 Å². The first-order chi connectivity index (χ1) is 8.54. The molecule has 0 fully saturated rings. The van der Waals surface area contributed by atoms with E-state index in [9.17, 15) is 8.42 Å². The summed E-state index contributed by atoms with van der Waals surface area (Å²) >= 11 is 0. The molecule has 0 bridgehead atoms. The van der Waals surface area contributed by atoms with E-state index < -0.39 is 15.4 Å². The molecule has 3 rings (SSSR count). The maximum atomic E-state index is 12.0. The molecule has 2 N–H and O–H groups in total. The third kappa shape index (κ3) is 1.48. The lowest BCUT2D eigenvalue weighted by atomic mass is 9.87. The molecular formula is C11H11N3O3S. The van der Waals surface area contributed by atoms with Crippen molar-refractivity contribution in [2.75, 3.05) is 5.75 Å². The summed E-state index contributed by atoms with van der Waals surface area (Å²) < 4.78 is 28.7. The van der Waals surface area contributed by atoms with Crippen molar-refractivity contribution in [3.8, 4) is 0 Å². The first-order valence-electron chi connectivity index (χ1n) is 5.42. The summed E-state index contributed by atoms with van der Waals surface area (Å²) in [7, 11) is -3.27. The molecule has 0 amide bonds. The second-order valence-corrected chi connectivity index (χ2v) is 6.37. The highest BCUT2D eigenvalue weighted by Gasteiger charge is 2.43. The molecule has 7 heteroatoms. The number of sulfone groups is 1. The highest BCUT2D eigenvalue weighted by Crippen LogP contribution is 2.38. The molecule has 0 spiro atoms. The van der Waals surface area contributed by atoms with Crippen LogP contribution in [0.1, 0.15) is 17.8 Å². The van der Waals surface area contributed by atoms with Gasteiger partial charge in [-0.1, -0.05) is 23.4 Å². The minimum Gasteiger partial charge on any atom is -0.343 e. The van der Waals surface area contributed by atoms with Crippen LogP contribution < -0.4 is 5.73 Å². The Balaban J connectivity index is 2.28. The Morgan fingerprint density at radius 2 is 2.11 bits per heavy atom. The maximum absolute atomic E-state index is 12.0. The molecule has 6 nitrogen and oxygen atoms in total. The third-order valence-corrected chi connectivity index (χ3v) is 5.00. The molecule has 2 heterocycles. The SMILES string of the molecule is NC1(c2ncon2)CCS(=O)(=O)c2ccccc21. The van der Waals surface area contributed by atoms with E-state index >= 15 is 0 Å². The zero-order valence-corrected chi connectivity index (χ0v) is 10.2. The van der Waals surface area contributed by atoms with E-state index in [1.807, 2.05) is 0 Å². The van der Waals surface area contributed by atoms with Crippen molar-refractivity contribution in [2.45, 2.75) is 16.9 Å². The van der Waals surface area contributed by atoms with Crippen molar-refractivity contribution >= 4 is 9.84 Å². The zero-order chi connectivity index (χ0) is 12.8. The molecule has 0 saturated heterocycles. The van der Waals surface area contributed by atoms with E-state index in [2.05, 4.69) is 10.1 Å². The number of fused-ring (bicyclic) bond motifs is 1. The second kappa shape index (κ2) is 3.63. The number of nitrogens with two attached hydrogens (primary N) is 1. The minimum atomic E-state index is -3.27. The Morgan fingerprint density at radius 1 is 1.33 bits per heavy atom. The summed E-state index contributed by atoms with van der Waals surface area (Å²) in [5.41, 5.74) is 5.83. The predicted molar refractivity (Wildman–Crippen MR) is 62.4 cm³/mol. The summed E-state index contributed by atoms with van der Waals surface area (Å²) in [4.78, 5) is 4.21. The topological polar surface area (TPSA) is 99.1 Å². The minimum absolute atomic E-state index is 0.0188. The zero-order valence-electron chi connectivity index (χ0n) is 9.41. The van der Waals surface area contributed by atoms with Crippen LogP contribution in [0.5, 0.6) is 0 Å². The van der Waals surface area contributed by atoms with Gasteiger partial charge in [-0.25, -0.2) is 8.42 Å². The van der Waals surface area contributed by atoms with Crippen LogP contribution >= 0.6 is 0 Å². The van der Waals surface area contributed by atoms with Crippen molar-refractivity contribution in [1.82, 2.24) is 10.1 Å². The van der Waals surface area contributed by atoms with E-state index in [4.69, 9.17) is 10.3 Å². The summed E-state index contributed by atoms with van der Waals surface area (Å²) in [5.74, 6) is 0.291. The largest absolute Gasteiger partial charge is 0.343 e. The molecule has 0 saturated carbocycles. The molecule has 1 unspecified atom stereocenters. The normalized spacial score (nSPS) is 25.6. The van der Waals surface area contributed by atoms with Gasteiger partial charge in [-0.15, -0.1) is 0 Å². The number of hydrogen-bond acceptors (Lipinski definition) is 6. The van der Waals surface area contributed by atoms with Gasteiger partial charge in [0, 0.05) is 0 Å². The van der Waals surface area contributed by atoms with Gasteiger partial charge in [0.2, 0.25) is 6.39 Å². The Kier molecular flexibility index (Phi) is 2.29. The lowest BCUT2D eigenvalue weighted by Gasteiger charge is -2.32. The van der Waals surface area contributed by atoms with Gasteiger partial charge in [0.05, 0.1) is 10.6 Å². The first kappa shape index (κ1) is 11.4. The van der Waals surface area contributed by atoms with Gasteiger partial charge < -0.3 is 10.3 Å². The van der Waals surface area contributed by atoms with Crippen molar-refractivity contribution in [1.29, 1.82) is 0 Å². The molecule has 94 valence electrons. The molecule has 18 heavy (non-hydrogen) atoms. The molecule has 2 aromatic rings. The fourth-order valence-electron chi connectivity index (χ4n) is 2.25. The number of hydrogen-bond donors (Lipinski definition) is 1. The monoisotopic (exact) mass is 265 g/mol. The Hall–Kier alpha value is -1.73. The highest BCUT2D eigenvalue weighted by atomic mass is 32.2. The fraction of sp³-hybridized carbons (Fsp3) is 0.273. The average Bonchev–Trinajstić information content (AvgIpc) is 2.89. The van der Waals surface area contributed by atoms with Gasteiger partial charge in [-0.3, -0.25) is 0 Å². The van der Waals surface area contributed by atoms with Crippen molar-refractivity contribution in [2.24, 2.45) is 5.73 Å². The predicted octanol–water partition coefficient (Wildman–Crippen LogP) is 0.449. The van der Waals surface area contributed by atoms with Gasteiger partial charge in [0.25, 0.3) is 0 Å². The van der Waals surface area contributed by atoms with Crippen molar-refractivity contribution < 1.29 is 12.9 Å². The molecular weight excluding hydrogens is 254 g/mol. The van der Waals surface area contributed by atoms with Crippen LogP contribution in [0.4, 0.5) is 0 Å². The molecule has 1 atom stereocenters. The summed E-state index contributed by atoms with van der Waals surface area (Å²) in [6.07, 6.45) is 1.43. The van der Waals surface area contributed by atoms with Crippen LogP contribution in [0.2, 0.25) is 0 Å². The number of benzene rings is 1. The quantitative estimate of drug-likeness (QED) is 0.803. The van der Waals surface area contributed by atoms with Gasteiger partial charge in [-0.05, 0) is 18.1 Å². The van der Waals surface area contributed by atoms with Gasteiger partial charge >= 0.3 is 0 Å². The molecule has 0 aliphatic carbocycles. The van der Waals surface area contributed by atoms with E-state index in [0.717, 1.165) is 0 Å². The van der Waals surface area contributed by atoms with Gasteiger partial charge in [0.15, 0.2) is 15.7 Å². The van der Waals surface area contributed by atoms with E-state index in [0.29, 0.717) is 11.4 Å². The molecule has 1 aromatic heterocycles. The molecule has 0 radical (unpaired) electrons. The average molecular weight is 265 g/mol. The first-order valence-corrected chi connectivity index (χ1v) is 7.07. The Bertz CT molecular complexity index is 681. The van der Waals surface area contributed by atoms with Crippen LogP contribution in [-0.2, 0) is 15.4 Å². The maximum Gasteiger partial charge on any atom is 0.213 e. The van der Waals surface area contributed by atoms with Gasteiger partial charge in [0.1, 0.15) is 5.54 Å².